The quantitative estimate of drug-likeness (QED) is 0.343. The number of ether oxygens (including phenoxy) is 1. The molecule has 2 N–H and O–H groups in total. The molecule has 7 heteroatoms. The van der Waals surface area contributed by atoms with E-state index in [1.54, 1.807) is 25.3 Å². The Hall–Kier alpha value is -3.35. The van der Waals surface area contributed by atoms with Crippen LogP contribution in [0.1, 0.15) is 4.88 Å². The average Bonchev–Trinajstić information content (AvgIpc) is 3.17. The molecule has 0 radical (unpaired) electrons. The summed E-state index contributed by atoms with van der Waals surface area (Å²) in [6, 6.07) is 24.9. The number of nitrogens with one attached hydrogen (secondary N) is 2. The first-order chi connectivity index (χ1) is 15.1. The van der Waals surface area contributed by atoms with Crippen LogP contribution in [0.4, 0.5) is 16.5 Å². The van der Waals surface area contributed by atoms with Gasteiger partial charge in [0.15, 0.2) is 5.13 Å². The molecule has 1 aromatic heterocycles. The zero-order chi connectivity index (χ0) is 21.6. The summed E-state index contributed by atoms with van der Waals surface area (Å²) in [7, 11) is 1.55. The van der Waals surface area contributed by atoms with Gasteiger partial charge >= 0.3 is 0 Å². The predicted molar refractivity (Wildman–Crippen MR) is 128 cm³/mol. The molecule has 0 spiro atoms. The van der Waals surface area contributed by atoms with E-state index in [2.05, 4.69) is 10.6 Å². The largest absolute Gasteiger partial charge is 0.495 e. The van der Waals surface area contributed by atoms with E-state index >= 15 is 0 Å². The van der Waals surface area contributed by atoms with Gasteiger partial charge in [-0.05, 0) is 30.3 Å². The summed E-state index contributed by atoms with van der Waals surface area (Å²) in [6.07, 6.45) is 0.196. The van der Waals surface area contributed by atoms with Crippen LogP contribution in [-0.4, -0.2) is 18.0 Å². The molecule has 0 unspecified atom stereocenters. The Morgan fingerprint density at radius 1 is 1.00 bits per heavy atom. The maximum atomic E-state index is 12.8. The van der Waals surface area contributed by atoms with Crippen molar-refractivity contribution in [2.75, 3.05) is 17.7 Å². The number of nitrogens with zero attached hydrogens (tertiary/aromatic N) is 1. The number of methoxy groups -OCH3 is 1. The number of aromatic nitrogens is 1. The molecule has 0 aliphatic heterocycles. The van der Waals surface area contributed by atoms with Gasteiger partial charge in [-0.25, -0.2) is 4.98 Å². The molecule has 31 heavy (non-hydrogen) atoms. The lowest BCUT2D eigenvalue weighted by molar-refractivity contribution is -0.115. The fraction of sp³-hybridized carbons (Fsp3) is 0.0833. The molecule has 3 aromatic carbocycles. The Kier molecular flexibility index (Phi) is 6.50. The van der Waals surface area contributed by atoms with Crippen LogP contribution in [0.2, 0.25) is 5.02 Å². The van der Waals surface area contributed by atoms with Gasteiger partial charge in [0.05, 0.1) is 24.2 Å². The molecule has 0 bridgehead atoms. The van der Waals surface area contributed by atoms with E-state index in [1.165, 1.54) is 11.3 Å². The van der Waals surface area contributed by atoms with Crippen molar-refractivity contribution in [3.8, 4) is 17.0 Å². The number of carbonyl (C=O) groups excluding carboxylic acids is 1. The van der Waals surface area contributed by atoms with Crippen LogP contribution in [0.3, 0.4) is 0 Å². The van der Waals surface area contributed by atoms with Gasteiger partial charge in [0.2, 0.25) is 5.91 Å². The van der Waals surface area contributed by atoms with Crippen molar-refractivity contribution >= 4 is 45.4 Å². The number of benzene rings is 3. The van der Waals surface area contributed by atoms with Crippen LogP contribution in [0, 0.1) is 0 Å². The number of thiazole rings is 1. The summed E-state index contributed by atoms with van der Waals surface area (Å²) in [5.74, 6) is 0.415. The van der Waals surface area contributed by atoms with E-state index in [1.807, 2.05) is 60.7 Å². The van der Waals surface area contributed by atoms with Crippen molar-refractivity contribution in [2.24, 2.45) is 0 Å². The van der Waals surface area contributed by atoms with Crippen molar-refractivity contribution < 1.29 is 9.53 Å². The smallest absolute Gasteiger partial charge is 0.229 e. The number of anilines is 3. The summed E-state index contributed by atoms with van der Waals surface area (Å²) in [4.78, 5) is 18.4. The summed E-state index contributed by atoms with van der Waals surface area (Å²) in [5.41, 5.74) is 3.33. The first-order valence-corrected chi connectivity index (χ1v) is 10.8. The average molecular weight is 450 g/mol. The van der Waals surface area contributed by atoms with Gasteiger partial charge in [-0.3, -0.25) is 4.79 Å². The van der Waals surface area contributed by atoms with Crippen LogP contribution in [0.25, 0.3) is 11.3 Å². The SMILES string of the molecule is COc1ccc(NC(=O)Cc2sc(Nc3ccccc3)nc2-c2ccccc2)cc1Cl. The standard InChI is InChI=1S/C24H20ClN3O2S/c1-30-20-13-12-18(14-19(20)25)26-22(29)15-21-23(16-8-4-2-5-9-16)28-24(31-21)27-17-10-6-3-7-11-17/h2-14H,15H2,1H3,(H,26,29)(H,27,28). The summed E-state index contributed by atoms with van der Waals surface area (Å²) in [5, 5.41) is 7.40. The second kappa shape index (κ2) is 9.64. The van der Waals surface area contributed by atoms with E-state index in [9.17, 15) is 4.79 Å². The number of hydrogen-bond acceptors (Lipinski definition) is 5. The Morgan fingerprint density at radius 3 is 2.39 bits per heavy atom. The highest BCUT2D eigenvalue weighted by molar-refractivity contribution is 7.16. The zero-order valence-corrected chi connectivity index (χ0v) is 18.3. The highest BCUT2D eigenvalue weighted by Crippen LogP contribution is 2.33. The normalized spacial score (nSPS) is 10.5. The molecule has 0 saturated carbocycles. The Bertz CT molecular complexity index is 1180. The van der Waals surface area contributed by atoms with E-state index < -0.39 is 0 Å². The summed E-state index contributed by atoms with van der Waals surface area (Å²) in [6.45, 7) is 0. The lowest BCUT2D eigenvalue weighted by atomic mass is 10.1. The first-order valence-electron chi connectivity index (χ1n) is 9.63. The monoisotopic (exact) mass is 449 g/mol. The van der Waals surface area contributed by atoms with Crippen LogP contribution < -0.4 is 15.4 Å². The second-order valence-electron chi connectivity index (χ2n) is 6.72. The third-order valence-electron chi connectivity index (χ3n) is 4.53. The fourth-order valence-electron chi connectivity index (χ4n) is 3.09. The molecule has 0 aliphatic rings. The molecule has 4 rings (SSSR count). The van der Waals surface area contributed by atoms with E-state index in [0.717, 1.165) is 27.0 Å². The van der Waals surface area contributed by atoms with Crippen molar-refractivity contribution in [3.63, 3.8) is 0 Å². The molecular formula is C24H20ClN3O2S. The third kappa shape index (κ3) is 5.23. The molecule has 0 aliphatic carbocycles. The van der Waals surface area contributed by atoms with Gasteiger partial charge in [0.25, 0.3) is 0 Å². The minimum atomic E-state index is -0.145. The number of amides is 1. The first kappa shape index (κ1) is 20.9. The van der Waals surface area contributed by atoms with Crippen molar-refractivity contribution in [1.29, 1.82) is 0 Å². The van der Waals surface area contributed by atoms with Crippen molar-refractivity contribution in [3.05, 3.63) is 88.8 Å². The minimum absolute atomic E-state index is 0.145. The lowest BCUT2D eigenvalue weighted by Crippen LogP contribution is -2.14. The van der Waals surface area contributed by atoms with Gasteiger partial charge in [0, 0.05) is 21.8 Å². The number of carbonyl (C=O) groups is 1. The van der Waals surface area contributed by atoms with Gasteiger partial charge in [-0.15, -0.1) is 11.3 Å². The molecule has 1 heterocycles. The van der Waals surface area contributed by atoms with E-state index in [0.29, 0.717) is 16.5 Å². The molecule has 0 fully saturated rings. The number of halogens is 1. The Labute approximate surface area is 189 Å². The van der Waals surface area contributed by atoms with Crippen LogP contribution in [0.15, 0.2) is 78.9 Å². The molecule has 0 saturated heterocycles. The number of para-hydroxylation sites is 1. The van der Waals surface area contributed by atoms with Crippen LogP contribution in [0.5, 0.6) is 5.75 Å². The molecule has 1 amide bonds. The van der Waals surface area contributed by atoms with E-state index in [-0.39, 0.29) is 12.3 Å². The minimum Gasteiger partial charge on any atom is -0.495 e. The lowest BCUT2D eigenvalue weighted by Gasteiger charge is -2.08. The van der Waals surface area contributed by atoms with Gasteiger partial charge in [-0.1, -0.05) is 60.1 Å². The summed E-state index contributed by atoms with van der Waals surface area (Å²) < 4.78 is 5.16. The molecule has 156 valence electrons. The highest BCUT2D eigenvalue weighted by Gasteiger charge is 2.17. The van der Waals surface area contributed by atoms with Crippen LogP contribution in [-0.2, 0) is 11.2 Å². The Morgan fingerprint density at radius 2 is 1.71 bits per heavy atom. The number of hydrogen-bond donors (Lipinski definition) is 2. The van der Waals surface area contributed by atoms with Crippen molar-refractivity contribution in [2.45, 2.75) is 6.42 Å². The summed E-state index contributed by atoms with van der Waals surface area (Å²) >= 11 is 7.63. The number of rotatable bonds is 7. The van der Waals surface area contributed by atoms with Gasteiger partial charge in [0.1, 0.15) is 5.75 Å². The van der Waals surface area contributed by atoms with Crippen LogP contribution >= 0.6 is 22.9 Å². The predicted octanol–water partition coefficient (Wildman–Crippen LogP) is 6.40. The third-order valence-corrected chi connectivity index (χ3v) is 5.79. The molecular weight excluding hydrogens is 430 g/mol. The maximum Gasteiger partial charge on any atom is 0.229 e. The highest BCUT2D eigenvalue weighted by atomic mass is 35.5. The van der Waals surface area contributed by atoms with Gasteiger partial charge < -0.3 is 15.4 Å². The second-order valence-corrected chi connectivity index (χ2v) is 8.21. The molecule has 4 aromatic rings. The zero-order valence-electron chi connectivity index (χ0n) is 16.8. The Balaban J connectivity index is 1.57. The maximum absolute atomic E-state index is 12.8. The van der Waals surface area contributed by atoms with Crippen molar-refractivity contribution in [1.82, 2.24) is 4.98 Å². The molecule has 0 atom stereocenters. The molecule has 5 nitrogen and oxygen atoms in total. The topological polar surface area (TPSA) is 63.2 Å². The van der Waals surface area contributed by atoms with Gasteiger partial charge in [-0.2, -0.15) is 0 Å². The fourth-order valence-corrected chi connectivity index (χ4v) is 4.35. The van der Waals surface area contributed by atoms with E-state index in [4.69, 9.17) is 21.3 Å².